The summed E-state index contributed by atoms with van der Waals surface area (Å²) in [5, 5.41) is 16.4. The summed E-state index contributed by atoms with van der Waals surface area (Å²) in [6.45, 7) is 0. The van der Waals surface area contributed by atoms with E-state index in [2.05, 4.69) is 30.2 Å². The molecular formula is C18H14F3N7O. The molecule has 0 amide bonds. The number of halogens is 3. The third-order valence-electron chi connectivity index (χ3n) is 3.88. The van der Waals surface area contributed by atoms with Crippen molar-refractivity contribution in [3.05, 3.63) is 66.0 Å². The van der Waals surface area contributed by atoms with Crippen molar-refractivity contribution in [2.75, 3.05) is 0 Å². The third-order valence-corrected chi connectivity index (χ3v) is 3.88. The van der Waals surface area contributed by atoms with Crippen LogP contribution in [0.25, 0.3) is 17.3 Å². The van der Waals surface area contributed by atoms with Crippen LogP contribution in [0.4, 0.5) is 13.2 Å². The van der Waals surface area contributed by atoms with Crippen LogP contribution >= 0.6 is 0 Å². The van der Waals surface area contributed by atoms with E-state index in [1.165, 1.54) is 33.7 Å². The first-order valence-corrected chi connectivity index (χ1v) is 8.48. The first-order chi connectivity index (χ1) is 13.9. The predicted octanol–water partition coefficient (Wildman–Crippen LogP) is 2.95. The van der Waals surface area contributed by atoms with Gasteiger partial charge in [0.1, 0.15) is 5.75 Å². The molecule has 0 atom stereocenters. The second-order valence-electron chi connectivity index (χ2n) is 6.07. The standard InChI is InChI=1S/C18H14F3N7O/c1-27-25-16(23-26-27)17-22-15(11-12-5-3-2-4-6-12)24-28(17)13-7-9-14(10-8-13)29-18(19,20)21/h2-10H,11H2,1H3. The maximum absolute atomic E-state index is 12.4. The highest BCUT2D eigenvalue weighted by Crippen LogP contribution is 2.25. The van der Waals surface area contributed by atoms with Crippen LogP contribution in [0.15, 0.2) is 54.6 Å². The fraction of sp³-hybridized carbons (Fsp3) is 0.167. The molecule has 0 spiro atoms. The maximum Gasteiger partial charge on any atom is 0.573 e. The highest BCUT2D eigenvalue weighted by molar-refractivity contribution is 5.49. The van der Waals surface area contributed by atoms with Crippen LogP contribution in [0.1, 0.15) is 11.4 Å². The molecule has 4 rings (SSSR count). The van der Waals surface area contributed by atoms with Crippen molar-refractivity contribution >= 4 is 0 Å². The highest BCUT2D eigenvalue weighted by atomic mass is 19.4. The van der Waals surface area contributed by atoms with Gasteiger partial charge < -0.3 is 4.74 Å². The smallest absolute Gasteiger partial charge is 0.406 e. The van der Waals surface area contributed by atoms with Gasteiger partial charge in [-0.05, 0) is 35.0 Å². The van der Waals surface area contributed by atoms with Gasteiger partial charge in [0.25, 0.3) is 0 Å². The minimum absolute atomic E-state index is 0.245. The zero-order chi connectivity index (χ0) is 20.4. The lowest BCUT2D eigenvalue weighted by Crippen LogP contribution is -2.17. The van der Waals surface area contributed by atoms with Crippen LogP contribution in [0, 0.1) is 0 Å². The fourth-order valence-electron chi connectivity index (χ4n) is 2.70. The van der Waals surface area contributed by atoms with Gasteiger partial charge in [-0.25, -0.2) is 9.67 Å². The van der Waals surface area contributed by atoms with E-state index in [4.69, 9.17) is 0 Å². The number of ether oxygens (including phenoxy) is 1. The van der Waals surface area contributed by atoms with Gasteiger partial charge in [-0.15, -0.1) is 23.4 Å². The monoisotopic (exact) mass is 401 g/mol. The number of hydrogen-bond acceptors (Lipinski definition) is 6. The average molecular weight is 401 g/mol. The molecule has 2 aromatic carbocycles. The Balaban J connectivity index is 1.71. The van der Waals surface area contributed by atoms with E-state index in [-0.39, 0.29) is 11.6 Å². The third kappa shape index (κ3) is 4.39. The van der Waals surface area contributed by atoms with Gasteiger partial charge in [-0.2, -0.15) is 9.90 Å². The predicted molar refractivity (Wildman–Crippen MR) is 95.1 cm³/mol. The molecular weight excluding hydrogens is 387 g/mol. The van der Waals surface area contributed by atoms with Crippen LogP contribution in [-0.2, 0) is 13.5 Å². The van der Waals surface area contributed by atoms with E-state index in [9.17, 15) is 13.2 Å². The zero-order valence-corrected chi connectivity index (χ0v) is 15.1. The van der Waals surface area contributed by atoms with Crippen LogP contribution in [-0.4, -0.2) is 41.3 Å². The minimum atomic E-state index is -4.76. The molecule has 4 aromatic rings. The number of aryl methyl sites for hydroxylation is 1. The van der Waals surface area contributed by atoms with Crippen molar-refractivity contribution in [2.24, 2.45) is 7.05 Å². The number of benzene rings is 2. The van der Waals surface area contributed by atoms with Gasteiger partial charge in [0, 0.05) is 6.42 Å². The summed E-state index contributed by atoms with van der Waals surface area (Å²) < 4.78 is 42.5. The van der Waals surface area contributed by atoms with Gasteiger partial charge >= 0.3 is 6.36 Å². The highest BCUT2D eigenvalue weighted by Gasteiger charge is 2.31. The van der Waals surface area contributed by atoms with Crippen molar-refractivity contribution in [2.45, 2.75) is 12.8 Å². The van der Waals surface area contributed by atoms with Gasteiger partial charge in [0.2, 0.25) is 11.6 Å². The Labute approximate surface area is 162 Å². The van der Waals surface area contributed by atoms with E-state index >= 15 is 0 Å². The number of rotatable bonds is 5. The van der Waals surface area contributed by atoms with E-state index in [1.54, 1.807) is 7.05 Å². The van der Waals surface area contributed by atoms with E-state index in [1.807, 2.05) is 30.3 Å². The number of hydrogen-bond donors (Lipinski definition) is 0. The molecule has 0 saturated carbocycles. The Kier molecular flexibility index (Phi) is 4.71. The molecule has 11 heteroatoms. The summed E-state index contributed by atoms with van der Waals surface area (Å²) in [6.07, 6.45) is -4.29. The molecule has 148 valence electrons. The normalized spacial score (nSPS) is 11.6. The number of nitrogens with zero attached hydrogens (tertiary/aromatic N) is 7. The van der Waals surface area contributed by atoms with Crippen LogP contribution in [0.3, 0.4) is 0 Å². The Hall–Kier alpha value is -3.76. The summed E-state index contributed by atoms with van der Waals surface area (Å²) in [7, 11) is 1.62. The Morgan fingerprint density at radius 2 is 1.69 bits per heavy atom. The zero-order valence-electron chi connectivity index (χ0n) is 15.1. The first-order valence-electron chi connectivity index (χ1n) is 8.48. The Morgan fingerprint density at radius 1 is 0.966 bits per heavy atom. The molecule has 0 aliphatic heterocycles. The van der Waals surface area contributed by atoms with Crippen LogP contribution < -0.4 is 4.74 Å². The summed E-state index contributed by atoms with van der Waals surface area (Å²) in [6, 6.07) is 14.9. The lowest BCUT2D eigenvalue weighted by molar-refractivity contribution is -0.274. The molecule has 0 aliphatic rings. The SMILES string of the molecule is Cn1nnc(-c2nc(Cc3ccccc3)nn2-c2ccc(OC(F)(F)F)cc2)n1. The molecule has 0 radical (unpaired) electrons. The second kappa shape index (κ2) is 7.34. The number of tetrazole rings is 1. The molecule has 0 aliphatic carbocycles. The molecule has 8 nitrogen and oxygen atoms in total. The summed E-state index contributed by atoms with van der Waals surface area (Å²) in [4.78, 5) is 5.79. The Bertz CT molecular complexity index is 1100. The summed E-state index contributed by atoms with van der Waals surface area (Å²) in [5.74, 6) is 0.753. The van der Waals surface area contributed by atoms with Gasteiger partial charge in [-0.3, -0.25) is 0 Å². The first kappa shape index (κ1) is 18.6. The summed E-state index contributed by atoms with van der Waals surface area (Å²) >= 11 is 0. The van der Waals surface area contributed by atoms with Crippen molar-refractivity contribution in [1.82, 2.24) is 35.0 Å². The van der Waals surface area contributed by atoms with Crippen LogP contribution in [0.5, 0.6) is 5.75 Å². The lowest BCUT2D eigenvalue weighted by Gasteiger charge is -2.09. The molecule has 0 bridgehead atoms. The number of alkyl halides is 3. The lowest BCUT2D eigenvalue weighted by atomic mass is 10.1. The topological polar surface area (TPSA) is 83.5 Å². The van der Waals surface area contributed by atoms with E-state index in [0.717, 1.165) is 5.56 Å². The van der Waals surface area contributed by atoms with Gasteiger partial charge in [0.05, 0.1) is 12.7 Å². The molecule has 29 heavy (non-hydrogen) atoms. The quantitative estimate of drug-likeness (QED) is 0.511. The molecule has 0 saturated heterocycles. The van der Waals surface area contributed by atoms with Crippen molar-refractivity contribution in [3.63, 3.8) is 0 Å². The average Bonchev–Trinajstić information content (AvgIpc) is 3.28. The maximum atomic E-state index is 12.4. The number of aromatic nitrogens is 7. The molecule has 2 aromatic heterocycles. The van der Waals surface area contributed by atoms with Crippen LogP contribution in [0.2, 0.25) is 0 Å². The van der Waals surface area contributed by atoms with Crippen molar-refractivity contribution in [1.29, 1.82) is 0 Å². The molecule has 2 heterocycles. The van der Waals surface area contributed by atoms with E-state index in [0.29, 0.717) is 23.8 Å². The van der Waals surface area contributed by atoms with Crippen molar-refractivity contribution in [3.8, 4) is 23.1 Å². The van der Waals surface area contributed by atoms with Gasteiger partial charge in [-0.1, -0.05) is 30.3 Å². The van der Waals surface area contributed by atoms with E-state index < -0.39 is 6.36 Å². The fourth-order valence-corrected chi connectivity index (χ4v) is 2.70. The molecule has 0 fully saturated rings. The van der Waals surface area contributed by atoms with Gasteiger partial charge in [0.15, 0.2) is 5.82 Å². The van der Waals surface area contributed by atoms with Crippen molar-refractivity contribution < 1.29 is 17.9 Å². The second-order valence-corrected chi connectivity index (χ2v) is 6.07. The Morgan fingerprint density at radius 3 is 2.31 bits per heavy atom. The molecule has 0 N–H and O–H groups in total. The minimum Gasteiger partial charge on any atom is -0.406 e. The summed E-state index contributed by atoms with van der Waals surface area (Å²) in [5.41, 5.74) is 1.49. The molecule has 0 unspecified atom stereocenters. The largest absolute Gasteiger partial charge is 0.573 e.